The summed E-state index contributed by atoms with van der Waals surface area (Å²) in [6.45, 7) is 0.520. The molecule has 3 rings (SSSR count). The van der Waals surface area contributed by atoms with E-state index in [0.29, 0.717) is 6.54 Å². The van der Waals surface area contributed by atoms with Crippen molar-refractivity contribution in [3.8, 4) is 0 Å². The zero-order chi connectivity index (χ0) is 19.9. The van der Waals surface area contributed by atoms with Crippen LogP contribution < -0.4 is 5.32 Å². The lowest BCUT2D eigenvalue weighted by atomic mass is 10.2. The first kappa shape index (κ1) is 20.3. The Labute approximate surface area is 177 Å². The van der Waals surface area contributed by atoms with Crippen LogP contribution in [0, 0.1) is 0 Å². The molecule has 0 atom stereocenters. The molecule has 0 fully saturated rings. The highest BCUT2D eigenvalue weighted by molar-refractivity contribution is 7.11. The molecule has 1 heterocycles. The van der Waals surface area contributed by atoms with Gasteiger partial charge in [-0.1, -0.05) is 83.9 Å². The molecule has 0 radical (unpaired) electrons. The number of nitrogens with one attached hydrogen (secondary N) is 1. The number of carbonyl (C=O) groups excluding carboxylic acids is 2. The first-order valence-corrected chi connectivity index (χ1v) is 10.0. The van der Waals surface area contributed by atoms with Crippen LogP contribution in [0.4, 0.5) is 0 Å². The molecule has 1 aromatic heterocycles. The van der Waals surface area contributed by atoms with Crippen molar-refractivity contribution in [2.75, 3.05) is 6.54 Å². The van der Waals surface area contributed by atoms with Crippen LogP contribution in [0.25, 0.3) is 0 Å². The predicted octanol–water partition coefficient (Wildman–Crippen LogP) is 4.41. The highest BCUT2D eigenvalue weighted by atomic mass is 35.5. The van der Waals surface area contributed by atoms with E-state index >= 15 is 0 Å². The third-order valence-electron chi connectivity index (χ3n) is 3.97. The quantitative estimate of drug-likeness (QED) is 0.599. The molecule has 2 aromatic carbocycles. The fraction of sp³-hybridized carbons (Fsp3) is 0.150. The van der Waals surface area contributed by atoms with Gasteiger partial charge in [-0.25, -0.2) is 0 Å². The maximum absolute atomic E-state index is 12.9. The number of hydrogen-bond donors (Lipinski definition) is 1. The highest BCUT2D eigenvalue weighted by Crippen LogP contribution is 2.30. The van der Waals surface area contributed by atoms with E-state index in [4.69, 9.17) is 23.2 Å². The van der Waals surface area contributed by atoms with Crippen molar-refractivity contribution in [2.24, 2.45) is 0 Å². The zero-order valence-electron chi connectivity index (χ0n) is 14.8. The van der Waals surface area contributed by atoms with Gasteiger partial charge in [-0.15, -0.1) is 0 Å². The summed E-state index contributed by atoms with van der Waals surface area (Å²) in [5, 5.41) is 2.94. The number of halogens is 2. The van der Waals surface area contributed by atoms with E-state index in [1.807, 2.05) is 60.7 Å². The maximum Gasteiger partial charge on any atom is 0.275 e. The lowest BCUT2D eigenvalue weighted by Crippen LogP contribution is -2.40. The van der Waals surface area contributed by atoms with Crippen molar-refractivity contribution in [1.29, 1.82) is 0 Å². The summed E-state index contributed by atoms with van der Waals surface area (Å²) in [5.74, 6) is -0.711. The largest absolute Gasteiger partial charge is 0.350 e. The molecule has 5 nitrogen and oxygen atoms in total. The summed E-state index contributed by atoms with van der Waals surface area (Å²) in [4.78, 5) is 26.8. The molecule has 0 saturated heterocycles. The number of benzene rings is 2. The molecule has 0 aliphatic heterocycles. The fourth-order valence-corrected chi connectivity index (χ4v) is 3.56. The molecule has 0 saturated carbocycles. The Morgan fingerprint density at radius 2 is 1.57 bits per heavy atom. The lowest BCUT2D eigenvalue weighted by molar-refractivity contribution is -0.122. The Morgan fingerprint density at radius 3 is 2.14 bits per heavy atom. The minimum absolute atomic E-state index is 0.0588. The van der Waals surface area contributed by atoms with Crippen LogP contribution in [-0.4, -0.2) is 27.6 Å². The van der Waals surface area contributed by atoms with Gasteiger partial charge in [0.05, 0.1) is 0 Å². The zero-order valence-corrected chi connectivity index (χ0v) is 17.1. The second kappa shape index (κ2) is 9.68. The molecular formula is C20H17Cl2N3O2S. The van der Waals surface area contributed by atoms with Crippen LogP contribution in [0.15, 0.2) is 60.7 Å². The van der Waals surface area contributed by atoms with Crippen LogP contribution in [0.3, 0.4) is 0 Å². The average molecular weight is 434 g/mol. The van der Waals surface area contributed by atoms with Gasteiger partial charge in [-0.05, 0) is 22.7 Å². The van der Waals surface area contributed by atoms with Gasteiger partial charge in [0, 0.05) is 13.1 Å². The minimum atomic E-state index is -0.438. The van der Waals surface area contributed by atoms with Crippen molar-refractivity contribution >= 4 is 46.5 Å². The standard InChI is InChI=1S/C20H17Cl2N3O2S/c21-17-18(24-28-19(17)22)20(27)25(12-15-9-5-2-6-10-15)13-16(26)23-11-14-7-3-1-4-8-14/h1-10H,11-13H2,(H,23,26). The van der Waals surface area contributed by atoms with E-state index in [2.05, 4.69) is 9.69 Å². The molecule has 0 spiro atoms. The number of aromatic nitrogens is 1. The molecule has 0 aliphatic rings. The predicted molar refractivity (Wildman–Crippen MR) is 112 cm³/mol. The van der Waals surface area contributed by atoms with E-state index in [9.17, 15) is 9.59 Å². The first-order valence-electron chi connectivity index (χ1n) is 8.49. The summed E-state index contributed by atoms with van der Waals surface area (Å²) < 4.78 is 4.28. The van der Waals surface area contributed by atoms with Crippen LogP contribution >= 0.6 is 34.7 Å². The van der Waals surface area contributed by atoms with Gasteiger partial charge in [0.1, 0.15) is 15.9 Å². The minimum Gasteiger partial charge on any atom is -0.350 e. The second-order valence-electron chi connectivity index (χ2n) is 6.03. The molecule has 28 heavy (non-hydrogen) atoms. The van der Waals surface area contributed by atoms with E-state index < -0.39 is 5.91 Å². The molecule has 0 bridgehead atoms. The van der Waals surface area contributed by atoms with Crippen LogP contribution in [-0.2, 0) is 17.9 Å². The Kier molecular flexibility index (Phi) is 7.03. The molecule has 8 heteroatoms. The summed E-state index contributed by atoms with van der Waals surface area (Å²) in [6.07, 6.45) is 0. The number of amides is 2. The van der Waals surface area contributed by atoms with Crippen molar-refractivity contribution < 1.29 is 9.59 Å². The van der Waals surface area contributed by atoms with E-state index in [0.717, 1.165) is 22.7 Å². The number of hydrogen-bond acceptors (Lipinski definition) is 4. The first-order chi connectivity index (χ1) is 13.5. The number of nitrogens with zero attached hydrogens (tertiary/aromatic N) is 2. The summed E-state index contributed by atoms with van der Waals surface area (Å²) in [6, 6.07) is 19.0. The Balaban J connectivity index is 1.73. The maximum atomic E-state index is 12.9. The molecule has 1 N–H and O–H groups in total. The third-order valence-corrected chi connectivity index (χ3v) is 5.58. The topological polar surface area (TPSA) is 62.3 Å². The van der Waals surface area contributed by atoms with Gasteiger partial charge in [0.25, 0.3) is 5.91 Å². The molecular weight excluding hydrogens is 417 g/mol. The average Bonchev–Trinajstić information content (AvgIpc) is 3.05. The van der Waals surface area contributed by atoms with Gasteiger partial charge in [0.2, 0.25) is 5.91 Å². The molecule has 0 unspecified atom stereocenters. The molecule has 0 aliphatic carbocycles. The van der Waals surface area contributed by atoms with Gasteiger partial charge in [0.15, 0.2) is 5.69 Å². The normalized spacial score (nSPS) is 10.5. The van der Waals surface area contributed by atoms with Crippen LogP contribution in [0.2, 0.25) is 9.36 Å². The molecule has 3 aromatic rings. The van der Waals surface area contributed by atoms with Gasteiger partial charge in [-0.2, -0.15) is 4.37 Å². The van der Waals surface area contributed by atoms with Crippen molar-refractivity contribution in [3.63, 3.8) is 0 Å². The van der Waals surface area contributed by atoms with Crippen molar-refractivity contribution in [1.82, 2.24) is 14.6 Å². The van der Waals surface area contributed by atoms with Gasteiger partial charge < -0.3 is 10.2 Å². The lowest BCUT2D eigenvalue weighted by Gasteiger charge is -2.22. The Hall–Kier alpha value is -2.41. The van der Waals surface area contributed by atoms with Crippen LogP contribution in [0.1, 0.15) is 21.6 Å². The summed E-state index contributed by atoms with van der Waals surface area (Å²) >= 11 is 13.0. The summed E-state index contributed by atoms with van der Waals surface area (Å²) in [5.41, 5.74) is 1.93. The molecule has 144 valence electrons. The van der Waals surface area contributed by atoms with E-state index in [1.165, 1.54) is 4.90 Å². The van der Waals surface area contributed by atoms with Crippen LogP contribution in [0.5, 0.6) is 0 Å². The Bertz CT molecular complexity index is 949. The second-order valence-corrected chi connectivity index (χ2v) is 7.78. The van der Waals surface area contributed by atoms with E-state index in [1.54, 1.807) is 0 Å². The smallest absolute Gasteiger partial charge is 0.275 e. The van der Waals surface area contributed by atoms with E-state index in [-0.39, 0.29) is 34.0 Å². The number of rotatable bonds is 7. The summed E-state index contributed by atoms with van der Waals surface area (Å²) in [7, 11) is 0. The van der Waals surface area contributed by atoms with Gasteiger partial charge >= 0.3 is 0 Å². The SMILES string of the molecule is O=C(CN(Cc1ccccc1)C(=O)c1nsc(Cl)c1Cl)NCc1ccccc1. The third kappa shape index (κ3) is 5.32. The molecule has 2 amide bonds. The highest BCUT2D eigenvalue weighted by Gasteiger charge is 2.25. The monoisotopic (exact) mass is 433 g/mol. The van der Waals surface area contributed by atoms with Crippen molar-refractivity contribution in [2.45, 2.75) is 13.1 Å². The number of carbonyl (C=O) groups is 2. The Morgan fingerprint density at radius 1 is 0.964 bits per heavy atom. The van der Waals surface area contributed by atoms with Crippen molar-refractivity contribution in [3.05, 3.63) is 86.8 Å². The fourth-order valence-electron chi connectivity index (χ4n) is 2.57. The van der Waals surface area contributed by atoms with Gasteiger partial charge in [-0.3, -0.25) is 9.59 Å².